The van der Waals surface area contributed by atoms with Gasteiger partial charge in [-0.3, -0.25) is 4.79 Å². The molecule has 0 aromatic heterocycles. The van der Waals surface area contributed by atoms with Crippen molar-refractivity contribution in [2.75, 3.05) is 13.2 Å². The van der Waals surface area contributed by atoms with Gasteiger partial charge in [-0.15, -0.1) is 0 Å². The van der Waals surface area contributed by atoms with E-state index in [4.69, 9.17) is 14.2 Å². The molecule has 0 bridgehead atoms. The zero-order valence-corrected chi connectivity index (χ0v) is 15.0. The standard InChI is InChI=1S/C20H28O6/c21-17-11-18(26-20-8-4-5-9-25-20)16(15(17)10-19(22)23)13-24-12-14-6-2-1-3-7-14/h1-3,6-7,15-18,20-21H,4-5,8-13H2,(H,22,23)/t15-,16+,17+,18-,20?/m0/s1. The van der Waals surface area contributed by atoms with E-state index in [1.165, 1.54) is 0 Å². The first kappa shape index (κ1) is 19.3. The highest BCUT2D eigenvalue weighted by atomic mass is 16.7. The molecule has 26 heavy (non-hydrogen) atoms. The second-order valence-corrected chi connectivity index (χ2v) is 7.20. The zero-order valence-electron chi connectivity index (χ0n) is 15.0. The number of carbonyl (C=O) groups is 1. The topological polar surface area (TPSA) is 85.2 Å². The molecular formula is C20H28O6. The fraction of sp³-hybridized carbons (Fsp3) is 0.650. The summed E-state index contributed by atoms with van der Waals surface area (Å²) in [6.07, 6.45) is 2.10. The van der Waals surface area contributed by atoms with Crippen LogP contribution in [-0.4, -0.2) is 47.9 Å². The molecule has 0 radical (unpaired) electrons. The number of aliphatic carboxylic acids is 1. The van der Waals surface area contributed by atoms with Crippen molar-refractivity contribution in [3.05, 3.63) is 35.9 Å². The maximum absolute atomic E-state index is 11.2. The number of aliphatic hydroxyl groups excluding tert-OH is 1. The lowest BCUT2D eigenvalue weighted by Crippen LogP contribution is -2.34. The van der Waals surface area contributed by atoms with Crippen LogP contribution in [0.1, 0.15) is 37.7 Å². The number of carboxylic acid groups (broad SMARTS) is 1. The molecule has 2 N–H and O–H groups in total. The van der Waals surface area contributed by atoms with Gasteiger partial charge in [0.15, 0.2) is 6.29 Å². The van der Waals surface area contributed by atoms with Gasteiger partial charge in [-0.05, 0) is 24.8 Å². The normalized spacial score (nSPS) is 31.8. The van der Waals surface area contributed by atoms with Crippen molar-refractivity contribution >= 4 is 5.97 Å². The van der Waals surface area contributed by atoms with Crippen molar-refractivity contribution in [2.45, 2.75) is 57.2 Å². The molecule has 1 aromatic carbocycles. The van der Waals surface area contributed by atoms with Gasteiger partial charge < -0.3 is 24.4 Å². The minimum absolute atomic E-state index is 0.0775. The van der Waals surface area contributed by atoms with E-state index in [2.05, 4.69) is 0 Å². The molecule has 2 aliphatic rings. The molecule has 5 atom stereocenters. The summed E-state index contributed by atoms with van der Waals surface area (Å²) < 4.78 is 17.6. The van der Waals surface area contributed by atoms with Crippen LogP contribution in [-0.2, 0) is 25.6 Å². The van der Waals surface area contributed by atoms with Gasteiger partial charge in [0.05, 0.1) is 31.8 Å². The Balaban J connectivity index is 1.60. The predicted octanol–water partition coefficient (Wildman–Crippen LogP) is 2.59. The predicted molar refractivity (Wildman–Crippen MR) is 94.4 cm³/mol. The average Bonchev–Trinajstić information content (AvgIpc) is 2.91. The Morgan fingerprint density at radius 1 is 1.19 bits per heavy atom. The van der Waals surface area contributed by atoms with Crippen LogP contribution in [0, 0.1) is 11.8 Å². The third-order valence-electron chi connectivity index (χ3n) is 5.29. The van der Waals surface area contributed by atoms with Crippen LogP contribution in [0.2, 0.25) is 0 Å². The molecule has 2 fully saturated rings. The van der Waals surface area contributed by atoms with Crippen molar-refractivity contribution in [2.24, 2.45) is 11.8 Å². The molecule has 0 spiro atoms. The maximum Gasteiger partial charge on any atom is 0.303 e. The SMILES string of the molecule is O=C(O)C[C@H]1[C@@H](COCc2ccccc2)[C@@H](OC2CCCCO2)C[C@H]1O. The van der Waals surface area contributed by atoms with Gasteiger partial charge in [0, 0.05) is 24.9 Å². The number of rotatable bonds is 8. The Hall–Kier alpha value is -1.47. The highest BCUT2D eigenvalue weighted by Crippen LogP contribution is 2.38. The molecule has 1 aliphatic carbocycles. The summed E-state index contributed by atoms with van der Waals surface area (Å²) in [7, 11) is 0. The number of hydrogen-bond acceptors (Lipinski definition) is 5. The largest absolute Gasteiger partial charge is 0.481 e. The van der Waals surface area contributed by atoms with Gasteiger partial charge in [-0.2, -0.15) is 0 Å². The van der Waals surface area contributed by atoms with E-state index >= 15 is 0 Å². The molecule has 1 aromatic rings. The minimum atomic E-state index is -0.906. The Morgan fingerprint density at radius 2 is 2.00 bits per heavy atom. The Morgan fingerprint density at radius 3 is 2.69 bits per heavy atom. The second kappa shape index (κ2) is 9.46. The summed E-state index contributed by atoms with van der Waals surface area (Å²) in [4.78, 5) is 11.2. The monoisotopic (exact) mass is 364 g/mol. The third-order valence-corrected chi connectivity index (χ3v) is 5.29. The minimum Gasteiger partial charge on any atom is -0.481 e. The lowest BCUT2D eigenvalue weighted by Gasteiger charge is -2.30. The van der Waals surface area contributed by atoms with E-state index in [0.717, 1.165) is 24.8 Å². The summed E-state index contributed by atoms with van der Waals surface area (Å²) in [5.74, 6) is -1.43. The molecule has 144 valence electrons. The van der Waals surface area contributed by atoms with Crippen LogP contribution in [0.5, 0.6) is 0 Å². The van der Waals surface area contributed by atoms with E-state index in [1.54, 1.807) is 0 Å². The van der Waals surface area contributed by atoms with Crippen LogP contribution >= 0.6 is 0 Å². The van der Waals surface area contributed by atoms with Crippen LogP contribution in [0.4, 0.5) is 0 Å². The number of aliphatic hydroxyl groups is 1. The van der Waals surface area contributed by atoms with Crippen LogP contribution in [0.15, 0.2) is 30.3 Å². The third kappa shape index (κ3) is 5.27. The molecule has 1 saturated heterocycles. The summed E-state index contributed by atoms with van der Waals surface area (Å²) in [6.45, 7) is 1.51. The fourth-order valence-corrected chi connectivity index (χ4v) is 3.93. The molecular weight excluding hydrogens is 336 g/mol. The van der Waals surface area contributed by atoms with Crippen LogP contribution in [0.25, 0.3) is 0 Å². The van der Waals surface area contributed by atoms with Crippen molar-refractivity contribution in [3.8, 4) is 0 Å². The Kier molecular flexibility index (Phi) is 7.02. The Labute approximate surface area is 154 Å². The molecule has 1 unspecified atom stereocenters. The summed E-state index contributed by atoms with van der Waals surface area (Å²) in [5, 5.41) is 19.6. The van der Waals surface area contributed by atoms with Crippen molar-refractivity contribution in [1.29, 1.82) is 0 Å². The summed E-state index contributed by atoms with van der Waals surface area (Å²) >= 11 is 0. The fourth-order valence-electron chi connectivity index (χ4n) is 3.93. The van der Waals surface area contributed by atoms with Crippen molar-refractivity contribution in [1.82, 2.24) is 0 Å². The first-order valence-electron chi connectivity index (χ1n) is 9.42. The molecule has 3 rings (SSSR count). The number of carboxylic acids is 1. The summed E-state index contributed by atoms with van der Waals surface area (Å²) in [6, 6.07) is 9.84. The summed E-state index contributed by atoms with van der Waals surface area (Å²) in [5.41, 5.74) is 1.06. The van der Waals surface area contributed by atoms with Gasteiger partial charge in [0.25, 0.3) is 0 Å². The van der Waals surface area contributed by atoms with Crippen molar-refractivity contribution in [3.63, 3.8) is 0 Å². The molecule has 1 saturated carbocycles. The maximum atomic E-state index is 11.2. The molecule has 0 amide bonds. The average molecular weight is 364 g/mol. The van der Waals surface area contributed by atoms with E-state index in [1.807, 2.05) is 30.3 Å². The Bertz CT molecular complexity index is 557. The lowest BCUT2D eigenvalue weighted by atomic mass is 9.91. The smallest absolute Gasteiger partial charge is 0.303 e. The first-order chi connectivity index (χ1) is 12.6. The highest BCUT2D eigenvalue weighted by molar-refractivity contribution is 5.67. The zero-order chi connectivity index (χ0) is 18.4. The first-order valence-corrected chi connectivity index (χ1v) is 9.42. The van der Waals surface area contributed by atoms with Crippen LogP contribution < -0.4 is 0 Å². The van der Waals surface area contributed by atoms with E-state index in [9.17, 15) is 15.0 Å². The second-order valence-electron chi connectivity index (χ2n) is 7.20. The van der Waals surface area contributed by atoms with E-state index in [-0.39, 0.29) is 30.7 Å². The van der Waals surface area contributed by atoms with Crippen LogP contribution in [0.3, 0.4) is 0 Å². The molecule has 6 nitrogen and oxygen atoms in total. The van der Waals surface area contributed by atoms with Gasteiger partial charge in [-0.25, -0.2) is 0 Å². The van der Waals surface area contributed by atoms with Crippen molar-refractivity contribution < 1.29 is 29.2 Å². The molecule has 1 aliphatic heterocycles. The highest BCUT2D eigenvalue weighted by Gasteiger charge is 2.45. The molecule has 1 heterocycles. The number of ether oxygens (including phenoxy) is 3. The van der Waals surface area contributed by atoms with Gasteiger partial charge in [0.1, 0.15) is 0 Å². The van der Waals surface area contributed by atoms with Gasteiger partial charge in [0.2, 0.25) is 0 Å². The van der Waals surface area contributed by atoms with Gasteiger partial charge in [-0.1, -0.05) is 30.3 Å². The molecule has 6 heteroatoms. The van der Waals surface area contributed by atoms with E-state index in [0.29, 0.717) is 26.2 Å². The van der Waals surface area contributed by atoms with Gasteiger partial charge >= 0.3 is 5.97 Å². The van der Waals surface area contributed by atoms with E-state index < -0.39 is 12.1 Å². The quantitative estimate of drug-likeness (QED) is 0.737. The number of hydrogen-bond donors (Lipinski definition) is 2. The number of benzene rings is 1. The lowest BCUT2D eigenvalue weighted by molar-refractivity contribution is -0.199.